The van der Waals surface area contributed by atoms with Crippen LogP contribution in [0, 0.1) is 5.92 Å². The van der Waals surface area contributed by atoms with Gasteiger partial charge in [-0.25, -0.2) is 0 Å². The first-order valence-electron chi connectivity index (χ1n) is 5.51. The average Bonchev–Trinajstić information content (AvgIpc) is 2.16. The fraction of sp³-hybridized carbons (Fsp3) is 0.909. The summed E-state index contributed by atoms with van der Waals surface area (Å²) in [5.41, 5.74) is 0. The van der Waals surface area contributed by atoms with Gasteiger partial charge in [-0.2, -0.15) is 0 Å². The average molecular weight is 217 g/mol. The SMILES string of the molecule is CC(C(=O)O)C(C)N(CCCO)C(C)C. The van der Waals surface area contributed by atoms with Crippen molar-refractivity contribution >= 4 is 5.97 Å². The third kappa shape index (κ3) is 4.62. The minimum atomic E-state index is -0.767. The molecule has 0 aliphatic heterocycles. The van der Waals surface area contributed by atoms with E-state index < -0.39 is 5.97 Å². The van der Waals surface area contributed by atoms with Gasteiger partial charge >= 0.3 is 5.97 Å². The summed E-state index contributed by atoms with van der Waals surface area (Å²) in [5, 5.41) is 17.7. The molecule has 0 aliphatic rings. The lowest BCUT2D eigenvalue weighted by molar-refractivity contribution is -0.143. The molecule has 0 aromatic carbocycles. The first kappa shape index (κ1) is 14.4. The Morgan fingerprint density at radius 1 is 1.27 bits per heavy atom. The van der Waals surface area contributed by atoms with Crippen molar-refractivity contribution in [2.45, 2.75) is 46.2 Å². The third-order valence-corrected chi connectivity index (χ3v) is 2.87. The lowest BCUT2D eigenvalue weighted by atomic mass is 10.0. The summed E-state index contributed by atoms with van der Waals surface area (Å²) in [4.78, 5) is 13.0. The molecular weight excluding hydrogens is 194 g/mol. The van der Waals surface area contributed by atoms with Gasteiger partial charge in [-0.05, 0) is 27.2 Å². The van der Waals surface area contributed by atoms with E-state index in [1.165, 1.54) is 0 Å². The molecule has 15 heavy (non-hydrogen) atoms. The summed E-state index contributed by atoms with van der Waals surface area (Å²) < 4.78 is 0. The predicted molar refractivity (Wildman–Crippen MR) is 59.8 cm³/mol. The number of nitrogens with zero attached hydrogens (tertiary/aromatic N) is 1. The van der Waals surface area contributed by atoms with Crippen LogP contribution in [0.1, 0.15) is 34.1 Å². The maximum Gasteiger partial charge on any atom is 0.307 e. The molecule has 0 aliphatic carbocycles. The summed E-state index contributed by atoms with van der Waals surface area (Å²) in [5.74, 6) is -1.15. The molecule has 4 heteroatoms. The minimum absolute atomic E-state index is 0.00551. The molecule has 0 spiro atoms. The highest BCUT2D eigenvalue weighted by molar-refractivity contribution is 5.70. The molecule has 0 radical (unpaired) electrons. The van der Waals surface area contributed by atoms with Gasteiger partial charge in [0.05, 0.1) is 5.92 Å². The van der Waals surface area contributed by atoms with Crippen molar-refractivity contribution in [1.82, 2.24) is 4.90 Å². The standard InChI is InChI=1S/C11H23NO3/c1-8(2)12(6-5-7-13)10(4)9(3)11(14)15/h8-10,13H,5-7H2,1-4H3,(H,14,15). The Morgan fingerprint density at radius 2 is 1.80 bits per heavy atom. The van der Waals surface area contributed by atoms with Gasteiger partial charge in [0.15, 0.2) is 0 Å². The first-order chi connectivity index (χ1) is 6.91. The van der Waals surface area contributed by atoms with E-state index in [0.29, 0.717) is 12.5 Å². The van der Waals surface area contributed by atoms with Crippen LogP contribution in [0.2, 0.25) is 0 Å². The molecule has 0 aromatic rings. The number of aliphatic hydroxyl groups excluding tert-OH is 1. The lowest BCUT2D eigenvalue weighted by Crippen LogP contribution is -2.45. The van der Waals surface area contributed by atoms with Crippen molar-refractivity contribution < 1.29 is 15.0 Å². The van der Waals surface area contributed by atoms with Crippen molar-refractivity contribution in [1.29, 1.82) is 0 Å². The Bertz CT molecular complexity index is 194. The highest BCUT2D eigenvalue weighted by atomic mass is 16.4. The number of aliphatic carboxylic acids is 1. The molecule has 4 nitrogen and oxygen atoms in total. The fourth-order valence-corrected chi connectivity index (χ4v) is 1.68. The Labute approximate surface area is 91.9 Å². The van der Waals surface area contributed by atoms with E-state index in [0.717, 1.165) is 6.54 Å². The summed E-state index contributed by atoms with van der Waals surface area (Å²) in [6, 6.07) is 0.294. The number of carboxylic acids is 1. The second-order valence-corrected chi connectivity index (χ2v) is 4.28. The van der Waals surface area contributed by atoms with Gasteiger partial charge in [-0.3, -0.25) is 9.69 Å². The molecule has 0 bridgehead atoms. The van der Waals surface area contributed by atoms with E-state index >= 15 is 0 Å². The number of carbonyl (C=O) groups is 1. The highest BCUT2D eigenvalue weighted by Crippen LogP contribution is 2.14. The van der Waals surface area contributed by atoms with Crippen LogP contribution in [0.4, 0.5) is 0 Å². The minimum Gasteiger partial charge on any atom is -0.481 e. The molecule has 90 valence electrons. The summed E-state index contributed by atoms with van der Waals surface area (Å²) in [7, 11) is 0. The molecule has 0 rings (SSSR count). The summed E-state index contributed by atoms with van der Waals surface area (Å²) >= 11 is 0. The van der Waals surface area contributed by atoms with Crippen LogP contribution < -0.4 is 0 Å². The predicted octanol–water partition coefficient (Wildman–Crippen LogP) is 1.19. The monoisotopic (exact) mass is 217 g/mol. The summed E-state index contributed by atoms with van der Waals surface area (Å²) in [6.07, 6.45) is 0.689. The number of aliphatic hydroxyl groups is 1. The van der Waals surface area contributed by atoms with Crippen molar-refractivity contribution in [3.63, 3.8) is 0 Å². The smallest absolute Gasteiger partial charge is 0.307 e. The van der Waals surface area contributed by atoms with E-state index in [1.54, 1.807) is 6.92 Å². The normalized spacial score (nSPS) is 15.7. The number of rotatable bonds is 7. The van der Waals surface area contributed by atoms with Crippen LogP contribution in [-0.2, 0) is 4.79 Å². The zero-order valence-electron chi connectivity index (χ0n) is 10.1. The van der Waals surface area contributed by atoms with Gasteiger partial charge in [0.1, 0.15) is 0 Å². The molecule has 0 aromatic heterocycles. The highest BCUT2D eigenvalue weighted by Gasteiger charge is 2.26. The van der Waals surface area contributed by atoms with Crippen LogP contribution in [0.15, 0.2) is 0 Å². The molecule has 0 amide bonds. The van der Waals surface area contributed by atoms with Crippen LogP contribution >= 0.6 is 0 Å². The number of hydrogen-bond acceptors (Lipinski definition) is 3. The lowest BCUT2D eigenvalue weighted by Gasteiger charge is -2.34. The van der Waals surface area contributed by atoms with Crippen LogP contribution in [0.25, 0.3) is 0 Å². The number of hydrogen-bond donors (Lipinski definition) is 2. The van der Waals surface area contributed by atoms with Crippen molar-refractivity contribution in [2.75, 3.05) is 13.2 Å². The Hall–Kier alpha value is -0.610. The largest absolute Gasteiger partial charge is 0.481 e. The molecule has 0 saturated heterocycles. The Balaban J connectivity index is 4.40. The molecule has 0 saturated carbocycles. The maximum atomic E-state index is 10.9. The van der Waals surface area contributed by atoms with E-state index in [-0.39, 0.29) is 18.6 Å². The molecule has 0 heterocycles. The summed E-state index contributed by atoms with van der Waals surface area (Å²) in [6.45, 7) is 8.63. The van der Waals surface area contributed by atoms with Gasteiger partial charge < -0.3 is 10.2 Å². The molecule has 0 fully saturated rings. The zero-order chi connectivity index (χ0) is 12.0. The van der Waals surface area contributed by atoms with Crippen molar-refractivity contribution in [3.05, 3.63) is 0 Å². The van der Waals surface area contributed by atoms with Gasteiger partial charge in [0, 0.05) is 25.2 Å². The Kier molecular flexibility index (Phi) is 6.52. The van der Waals surface area contributed by atoms with Gasteiger partial charge in [0.25, 0.3) is 0 Å². The van der Waals surface area contributed by atoms with Crippen molar-refractivity contribution in [2.24, 2.45) is 5.92 Å². The molecule has 2 unspecified atom stereocenters. The zero-order valence-corrected chi connectivity index (χ0v) is 10.1. The van der Waals surface area contributed by atoms with Crippen LogP contribution in [-0.4, -0.2) is 46.3 Å². The van der Waals surface area contributed by atoms with E-state index in [1.807, 2.05) is 20.8 Å². The number of carboxylic acid groups (broad SMARTS) is 1. The third-order valence-electron chi connectivity index (χ3n) is 2.87. The molecular formula is C11H23NO3. The van der Waals surface area contributed by atoms with E-state index in [2.05, 4.69) is 4.90 Å². The van der Waals surface area contributed by atoms with Crippen molar-refractivity contribution in [3.8, 4) is 0 Å². The van der Waals surface area contributed by atoms with E-state index in [9.17, 15) is 4.79 Å². The maximum absolute atomic E-state index is 10.9. The molecule has 2 atom stereocenters. The quantitative estimate of drug-likeness (QED) is 0.672. The van der Waals surface area contributed by atoms with Gasteiger partial charge in [-0.1, -0.05) is 6.92 Å². The second-order valence-electron chi connectivity index (χ2n) is 4.28. The van der Waals surface area contributed by atoms with Crippen LogP contribution in [0.3, 0.4) is 0 Å². The van der Waals surface area contributed by atoms with Crippen LogP contribution in [0.5, 0.6) is 0 Å². The second kappa shape index (κ2) is 6.80. The van der Waals surface area contributed by atoms with Gasteiger partial charge in [0.2, 0.25) is 0 Å². The fourth-order valence-electron chi connectivity index (χ4n) is 1.68. The Morgan fingerprint density at radius 3 is 2.13 bits per heavy atom. The topological polar surface area (TPSA) is 60.8 Å². The van der Waals surface area contributed by atoms with E-state index in [4.69, 9.17) is 10.2 Å². The van der Waals surface area contributed by atoms with Gasteiger partial charge in [-0.15, -0.1) is 0 Å². The first-order valence-corrected chi connectivity index (χ1v) is 5.51. The molecule has 2 N–H and O–H groups in total.